The average molecular weight is 474 g/mol. The highest BCUT2D eigenvalue weighted by molar-refractivity contribution is 7.89. The summed E-state index contributed by atoms with van der Waals surface area (Å²) in [4.78, 5) is 24.3. The molecule has 1 aliphatic heterocycles. The van der Waals surface area contributed by atoms with Gasteiger partial charge >= 0.3 is 12.1 Å². The molecule has 0 aliphatic carbocycles. The fourth-order valence-electron chi connectivity index (χ4n) is 3.42. The van der Waals surface area contributed by atoms with Crippen molar-refractivity contribution in [1.29, 1.82) is 0 Å². The van der Waals surface area contributed by atoms with Crippen LogP contribution in [0.1, 0.15) is 35.4 Å². The molecule has 1 saturated heterocycles. The van der Waals surface area contributed by atoms with E-state index in [0.717, 1.165) is 8.99 Å². The smallest absolute Gasteiger partial charge is 0.435 e. The summed E-state index contributed by atoms with van der Waals surface area (Å²) in [5, 5.41) is 5.69. The molecule has 1 aromatic carbocycles. The average Bonchev–Trinajstić information content (AvgIpc) is 3.16. The Kier molecular flexibility index (Phi) is 6.60. The third-order valence-electron chi connectivity index (χ3n) is 5.05. The first-order valence-corrected chi connectivity index (χ1v) is 11.0. The van der Waals surface area contributed by atoms with Gasteiger partial charge in [-0.05, 0) is 43.5 Å². The molecule has 2 heterocycles. The molecule has 0 spiro atoms. The van der Waals surface area contributed by atoms with E-state index < -0.39 is 39.8 Å². The standard InChI is InChI=1S/C19H21F3N4O5S/c1-25-15(11-16(24-25)19(20,21)22)17(27)23-12-6-8-13(9-7-12)32(29,30)26-10-4-3-5-14(26)18(28)31-2/h6-9,11,14H,3-5,10H2,1-2H3,(H,23,27). The molecule has 13 heteroatoms. The fourth-order valence-corrected chi connectivity index (χ4v) is 5.07. The number of aryl methyl sites for hydroxylation is 1. The summed E-state index contributed by atoms with van der Waals surface area (Å²) in [7, 11) is -1.60. The van der Waals surface area contributed by atoms with E-state index in [4.69, 9.17) is 4.74 Å². The number of halogens is 3. The van der Waals surface area contributed by atoms with E-state index in [-0.39, 0.29) is 22.8 Å². The van der Waals surface area contributed by atoms with Gasteiger partial charge in [-0.3, -0.25) is 14.3 Å². The van der Waals surface area contributed by atoms with Gasteiger partial charge in [0, 0.05) is 25.3 Å². The molecule has 1 fully saturated rings. The van der Waals surface area contributed by atoms with E-state index in [0.29, 0.717) is 25.3 Å². The van der Waals surface area contributed by atoms with Crippen LogP contribution in [-0.2, 0) is 32.8 Å². The van der Waals surface area contributed by atoms with Crippen LogP contribution in [0.3, 0.4) is 0 Å². The zero-order valence-electron chi connectivity index (χ0n) is 17.2. The van der Waals surface area contributed by atoms with E-state index in [1.807, 2.05) is 0 Å². The van der Waals surface area contributed by atoms with Crippen molar-refractivity contribution < 1.29 is 35.9 Å². The molecule has 174 valence electrons. The summed E-state index contributed by atoms with van der Waals surface area (Å²) in [5.41, 5.74) is -1.34. The minimum atomic E-state index is -4.69. The van der Waals surface area contributed by atoms with Crippen LogP contribution in [-0.4, -0.2) is 54.1 Å². The second kappa shape index (κ2) is 8.90. The number of carbonyl (C=O) groups excluding carboxylic acids is 2. The molecule has 2 aromatic rings. The summed E-state index contributed by atoms with van der Waals surface area (Å²) in [6, 6.07) is 4.82. The number of rotatable bonds is 5. The summed E-state index contributed by atoms with van der Waals surface area (Å²) >= 11 is 0. The number of alkyl halides is 3. The Morgan fingerprint density at radius 3 is 2.41 bits per heavy atom. The van der Waals surface area contributed by atoms with Crippen molar-refractivity contribution in [3.8, 4) is 0 Å². The maximum absolute atomic E-state index is 13.0. The number of piperidine rings is 1. The summed E-state index contributed by atoms with van der Waals surface area (Å²) < 4.78 is 71.0. The highest BCUT2D eigenvalue weighted by atomic mass is 32.2. The molecular formula is C19H21F3N4O5S. The van der Waals surface area contributed by atoms with Crippen LogP contribution in [0.25, 0.3) is 0 Å². The highest BCUT2D eigenvalue weighted by Crippen LogP contribution is 2.29. The predicted octanol–water partition coefficient (Wildman–Crippen LogP) is 2.41. The summed E-state index contributed by atoms with van der Waals surface area (Å²) in [6.07, 6.45) is -3.04. The number of nitrogens with one attached hydrogen (secondary N) is 1. The van der Waals surface area contributed by atoms with Crippen molar-refractivity contribution in [3.63, 3.8) is 0 Å². The number of hydrogen-bond donors (Lipinski definition) is 1. The number of hydrogen-bond acceptors (Lipinski definition) is 6. The second-order valence-corrected chi connectivity index (χ2v) is 9.06. The fraction of sp³-hybridized carbons (Fsp3) is 0.421. The molecular weight excluding hydrogens is 453 g/mol. The lowest BCUT2D eigenvalue weighted by Crippen LogP contribution is -2.48. The van der Waals surface area contributed by atoms with Gasteiger partial charge in [-0.2, -0.15) is 22.6 Å². The lowest BCUT2D eigenvalue weighted by Gasteiger charge is -2.32. The van der Waals surface area contributed by atoms with Crippen molar-refractivity contribution in [1.82, 2.24) is 14.1 Å². The van der Waals surface area contributed by atoms with Crippen LogP contribution in [0.15, 0.2) is 35.2 Å². The van der Waals surface area contributed by atoms with Gasteiger partial charge < -0.3 is 10.1 Å². The van der Waals surface area contributed by atoms with Gasteiger partial charge in [0.15, 0.2) is 5.69 Å². The molecule has 1 amide bonds. The predicted molar refractivity (Wildman–Crippen MR) is 106 cm³/mol. The second-order valence-electron chi connectivity index (χ2n) is 7.17. The lowest BCUT2D eigenvalue weighted by molar-refractivity contribution is -0.146. The molecule has 1 aromatic heterocycles. The SMILES string of the molecule is COC(=O)C1CCCCN1S(=O)(=O)c1ccc(NC(=O)c2cc(C(F)(F)F)nn2C)cc1. The number of benzene rings is 1. The number of nitrogens with zero attached hydrogens (tertiary/aromatic N) is 3. The monoisotopic (exact) mass is 474 g/mol. The van der Waals surface area contributed by atoms with Gasteiger partial charge in [0.25, 0.3) is 5.91 Å². The Labute approximate surface area is 182 Å². The molecule has 9 nitrogen and oxygen atoms in total. The molecule has 1 unspecified atom stereocenters. The van der Waals surface area contributed by atoms with Crippen molar-refractivity contribution in [2.45, 2.75) is 36.4 Å². The first-order valence-electron chi connectivity index (χ1n) is 9.57. The van der Waals surface area contributed by atoms with Crippen LogP contribution in [0.2, 0.25) is 0 Å². The molecule has 0 saturated carbocycles. The Morgan fingerprint density at radius 2 is 1.84 bits per heavy atom. The van der Waals surface area contributed by atoms with Gasteiger partial charge in [-0.25, -0.2) is 8.42 Å². The molecule has 1 aliphatic rings. The number of ether oxygens (including phenoxy) is 1. The minimum absolute atomic E-state index is 0.0915. The minimum Gasteiger partial charge on any atom is -0.468 e. The van der Waals surface area contributed by atoms with Crippen LogP contribution in [0, 0.1) is 0 Å². The molecule has 3 rings (SSSR count). The van der Waals surface area contributed by atoms with Gasteiger partial charge in [0.1, 0.15) is 11.7 Å². The van der Waals surface area contributed by atoms with E-state index >= 15 is 0 Å². The van der Waals surface area contributed by atoms with E-state index in [2.05, 4.69) is 10.4 Å². The Balaban J connectivity index is 1.78. The number of anilines is 1. The van der Waals surface area contributed by atoms with Gasteiger partial charge in [0.05, 0.1) is 12.0 Å². The van der Waals surface area contributed by atoms with Crippen LogP contribution < -0.4 is 5.32 Å². The topological polar surface area (TPSA) is 111 Å². The lowest BCUT2D eigenvalue weighted by atomic mass is 10.1. The van der Waals surface area contributed by atoms with Crippen LogP contribution >= 0.6 is 0 Å². The highest BCUT2D eigenvalue weighted by Gasteiger charge is 2.38. The first kappa shape index (κ1) is 23.7. The molecule has 32 heavy (non-hydrogen) atoms. The third-order valence-corrected chi connectivity index (χ3v) is 6.97. The van der Waals surface area contributed by atoms with E-state index in [1.54, 1.807) is 0 Å². The zero-order valence-corrected chi connectivity index (χ0v) is 18.0. The van der Waals surface area contributed by atoms with Crippen LogP contribution in [0.4, 0.5) is 18.9 Å². The Bertz CT molecular complexity index is 1110. The summed E-state index contributed by atoms with van der Waals surface area (Å²) in [6.45, 7) is 0.169. The van der Waals surface area contributed by atoms with Crippen LogP contribution in [0.5, 0.6) is 0 Å². The number of amides is 1. The number of sulfonamides is 1. The van der Waals surface area contributed by atoms with Gasteiger partial charge in [0.2, 0.25) is 10.0 Å². The molecule has 1 atom stereocenters. The Hall–Kier alpha value is -2.93. The van der Waals surface area contributed by atoms with Crippen molar-refractivity contribution in [2.24, 2.45) is 7.05 Å². The maximum atomic E-state index is 13.0. The quantitative estimate of drug-likeness (QED) is 0.667. The maximum Gasteiger partial charge on any atom is 0.435 e. The first-order chi connectivity index (χ1) is 14.9. The van der Waals surface area contributed by atoms with Crippen molar-refractivity contribution in [3.05, 3.63) is 41.7 Å². The zero-order chi connectivity index (χ0) is 23.7. The number of aromatic nitrogens is 2. The third kappa shape index (κ3) is 4.78. The molecule has 0 radical (unpaired) electrons. The Morgan fingerprint density at radius 1 is 1.19 bits per heavy atom. The number of methoxy groups -OCH3 is 1. The summed E-state index contributed by atoms with van der Waals surface area (Å²) in [5.74, 6) is -1.47. The normalized spacial score (nSPS) is 17.7. The van der Waals surface area contributed by atoms with Crippen molar-refractivity contribution >= 4 is 27.6 Å². The molecule has 1 N–H and O–H groups in total. The van der Waals surface area contributed by atoms with Gasteiger partial charge in [-0.1, -0.05) is 0 Å². The van der Waals surface area contributed by atoms with E-state index in [1.165, 1.54) is 38.4 Å². The number of esters is 1. The van der Waals surface area contributed by atoms with E-state index in [9.17, 15) is 31.2 Å². The van der Waals surface area contributed by atoms with Gasteiger partial charge in [-0.15, -0.1) is 0 Å². The largest absolute Gasteiger partial charge is 0.468 e. The number of carbonyl (C=O) groups is 2. The van der Waals surface area contributed by atoms with Crippen molar-refractivity contribution in [2.75, 3.05) is 19.0 Å². The molecule has 0 bridgehead atoms.